The SMILES string of the molecule is B(ON1CCCCC1)c1cc(Oc2ccc(-c3ccccc3)c(BON3CCCCC3)c2)ccc1-c1ccccc1. The molecule has 0 radical (unpaired) electrons. The fraction of sp³-hybridized carbons (Fsp3) is 0.294. The average molecular weight is 544 g/mol. The summed E-state index contributed by atoms with van der Waals surface area (Å²) in [7, 11) is 1.03. The van der Waals surface area contributed by atoms with Crippen LogP contribution < -0.4 is 15.7 Å². The van der Waals surface area contributed by atoms with E-state index in [2.05, 4.69) is 107 Å². The summed E-state index contributed by atoms with van der Waals surface area (Å²) in [6.07, 6.45) is 7.34. The van der Waals surface area contributed by atoms with E-state index in [1.165, 1.54) is 60.8 Å². The van der Waals surface area contributed by atoms with Crippen molar-refractivity contribution in [1.82, 2.24) is 10.1 Å². The van der Waals surface area contributed by atoms with Gasteiger partial charge in [-0.25, -0.2) is 10.1 Å². The zero-order valence-electron chi connectivity index (χ0n) is 23.8. The molecule has 7 heteroatoms. The minimum Gasteiger partial charge on any atom is -0.457 e. The molecule has 208 valence electrons. The Labute approximate surface area is 245 Å². The summed E-state index contributed by atoms with van der Waals surface area (Å²) < 4.78 is 19.0. The second kappa shape index (κ2) is 14.0. The predicted octanol–water partition coefficient (Wildman–Crippen LogP) is 5.60. The first-order valence-corrected chi connectivity index (χ1v) is 15.1. The lowest BCUT2D eigenvalue weighted by atomic mass is 9.81. The first-order chi connectivity index (χ1) is 20.3. The van der Waals surface area contributed by atoms with E-state index < -0.39 is 0 Å². The number of rotatable bonds is 10. The first-order valence-electron chi connectivity index (χ1n) is 15.1. The van der Waals surface area contributed by atoms with Gasteiger partial charge in [0.15, 0.2) is 0 Å². The lowest BCUT2D eigenvalue weighted by Gasteiger charge is -2.26. The van der Waals surface area contributed by atoms with Crippen molar-refractivity contribution >= 4 is 25.9 Å². The van der Waals surface area contributed by atoms with E-state index in [1.807, 2.05) is 0 Å². The van der Waals surface area contributed by atoms with Gasteiger partial charge in [0.25, 0.3) is 0 Å². The molecule has 2 fully saturated rings. The molecule has 41 heavy (non-hydrogen) atoms. The highest BCUT2D eigenvalue weighted by Gasteiger charge is 2.17. The molecule has 0 aromatic heterocycles. The van der Waals surface area contributed by atoms with Gasteiger partial charge in [-0.15, -0.1) is 0 Å². The number of hydrogen-bond acceptors (Lipinski definition) is 5. The topological polar surface area (TPSA) is 34.2 Å². The summed E-state index contributed by atoms with van der Waals surface area (Å²) >= 11 is 0. The van der Waals surface area contributed by atoms with Gasteiger partial charge in [0.2, 0.25) is 0 Å². The number of ether oxygens (including phenoxy) is 1. The molecule has 0 amide bonds. The molecule has 4 aromatic carbocycles. The molecule has 2 heterocycles. The molecule has 0 bridgehead atoms. The zero-order valence-corrected chi connectivity index (χ0v) is 23.8. The fourth-order valence-electron chi connectivity index (χ4n) is 5.75. The van der Waals surface area contributed by atoms with E-state index in [9.17, 15) is 0 Å². The van der Waals surface area contributed by atoms with Crippen LogP contribution in [0.2, 0.25) is 0 Å². The molecular weight excluding hydrogens is 506 g/mol. The smallest absolute Gasteiger partial charge is 0.338 e. The molecule has 0 spiro atoms. The van der Waals surface area contributed by atoms with Crippen LogP contribution in [0.5, 0.6) is 11.5 Å². The van der Waals surface area contributed by atoms with Crippen LogP contribution >= 0.6 is 0 Å². The molecule has 2 saturated heterocycles. The maximum absolute atomic E-state index is 6.49. The molecule has 4 aromatic rings. The van der Waals surface area contributed by atoms with Gasteiger partial charge in [0.05, 0.1) is 0 Å². The van der Waals surface area contributed by atoms with Crippen molar-refractivity contribution in [3.63, 3.8) is 0 Å². The van der Waals surface area contributed by atoms with Crippen molar-refractivity contribution in [3.8, 4) is 33.8 Å². The Hall–Kier alpha value is -3.35. The quantitative estimate of drug-likeness (QED) is 0.243. The number of benzene rings is 4. The van der Waals surface area contributed by atoms with Crippen molar-refractivity contribution in [3.05, 3.63) is 97.1 Å². The van der Waals surface area contributed by atoms with Crippen LogP contribution in [-0.2, 0) is 9.51 Å². The molecule has 5 nitrogen and oxygen atoms in total. The summed E-state index contributed by atoms with van der Waals surface area (Å²) in [6, 6.07) is 33.7. The van der Waals surface area contributed by atoms with Crippen LogP contribution in [0, 0.1) is 0 Å². The lowest BCUT2D eigenvalue weighted by Crippen LogP contribution is -2.35. The monoisotopic (exact) mass is 544 g/mol. The second-order valence-electron chi connectivity index (χ2n) is 11.0. The summed E-state index contributed by atoms with van der Waals surface area (Å²) in [5, 5.41) is 4.23. The van der Waals surface area contributed by atoms with E-state index in [0.29, 0.717) is 15.0 Å². The number of piperidine rings is 2. The second-order valence-corrected chi connectivity index (χ2v) is 11.0. The molecule has 0 unspecified atom stereocenters. The largest absolute Gasteiger partial charge is 0.457 e. The minimum atomic E-state index is 0.517. The van der Waals surface area contributed by atoms with Crippen LogP contribution in [-0.4, -0.2) is 51.3 Å². The highest BCUT2D eigenvalue weighted by Crippen LogP contribution is 2.27. The number of hydroxylamine groups is 4. The van der Waals surface area contributed by atoms with Crippen molar-refractivity contribution in [1.29, 1.82) is 0 Å². The highest BCUT2D eigenvalue weighted by molar-refractivity contribution is 6.50. The van der Waals surface area contributed by atoms with E-state index in [1.54, 1.807) is 0 Å². The van der Waals surface area contributed by atoms with Gasteiger partial charge in [0.1, 0.15) is 11.5 Å². The van der Waals surface area contributed by atoms with Crippen molar-refractivity contribution in [2.75, 3.05) is 26.2 Å². The third-order valence-electron chi connectivity index (χ3n) is 7.99. The predicted molar refractivity (Wildman–Crippen MR) is 170 cm³/mol. The molecule has 6 rings (SSSR count). The maximum atomic E-state index is 6.49. The van der Waals surface area contributed by atoms with Gasteiger partial charge < -0.3 is 14.2 Å². The summed E-state index contributed by atoms with van der Waals surface area (Å²) in [5.41, 5.74) is 6.94. The Kier molecular flexibility index (Phi) is 9.50. The Morgan fingerprint density at radius 2 is 0.878 bits per heavy atom. The van der Waals surface area contributed by atoms with Crippen molar-refractivity contribution in [2.24, 2.45) is 0 Å². The van der Waals surface area contributed by atoms with Crippen molar-refractivity contribution < 1.29 is 14.2 Å². The Morgan fingerprint density at radius 1 is 0.463 bits per heavy atom. The molecule has 0 aliphatic carbocycles. The molecular formula is C34H38B2N2O3. The van der Waals surface area contributed by atoms with Crippen LogP contribution in [0.15, 0.2) is 97.1 Å². The van der Waals surface area contributed by atoms with Gasteiger partial charge in [-0.3, -0.25) is 0 Å². The third-order valence-corrected chi connectivity index (χ3v) is 7.99. The fourth-order valence-corrected chi connectivity index (χ4v) is 5.75. The van der Waals surface area contributed by atoms with Crippen LogP contribution in [0.3, 0.4) is 0 Å². The average Bonchev–Trinajstić information content (AvgIpc) is 3.05. The van der Waals surface area contributed by atoms with E-state index in [0.717, 1.165) is 48.6 Å². The molecule has 0 N–H and O–H groups in total. The third kappa shape index (κ3) is 7.49. The number of hydrogen-bond donors (Lipinski definition) is 0. The van der Waals surface area contributed by atoms with Gasteiger partial charge in [-0.1, -0.05) is 85.6 Å². The van der Waals surface area contributed by atoms with Gasteiger partial charge in [-0.2, -0.15) is 0 Å². The normalized spacial score (nSPS) is 16.3. The maximum Gasteiger partial charge on any atom is 0.338 e. The Balaban J connectivity index is 1.25. The summed E-state index contributed by atoms with van der Waals surface area (Å²) in [4.78, 5) is 0. The number of nitrogens with zero attached hydrogens (tertiary/aromatic N) is 2. The Morgan fingerprint density at radius 3 is 1.29 bits per heavy atom. The van der Waals surface area contributed by atoms with Crippen LogP contribution in [0.1, 0.15) is 38.5 Å². The van der Waals surface area contributed by atoms with Gasteiger partial charge in [-0.05, 0) is 83.1 Å². The van der Waals surface area contributed by atoms with E-state index in [4.69, 9.17) is 14.2 Å². The highest BCUT2D eigenvalue weighted by atomic mass is 16.6. The standard InChI is InChI=1S/C34H38B2N2O3/c1-5-13-27(14-6-1)31-19-17-29(25-33(31)35-40-37-21-9-3-10-22-37)39-30-18-20-32(28-15-7-2-8-16-28)34(26-30)36-41-38-23-11-4-12-24-38/h1-2,5-8,13-20,25-26,35-36H,3-4,9-12,21-24H2. The van der Waals surface area contributed by atoms with Gasteiger partial charge >= 0.3 is 15.0 Å². The van der Waals surface area contributed by atoms with E-state index >= 15 is 0 Å². The molecule has 0 atom stereocenters. The molecule has 0 saturated carbocycles. The lowest BCUT2D eigenvalue weighted by molar-refractivity contribution is -0.0689. The Bertz CT molecular complexity index is 1290. The van der Waals surface area contributed by atoms with Gasteiger partial charge in [0, 0.05) is 26.2 Å². The molecule has 2 aliphatic rings. The van der Waals surface area contributed by atoms with Crippen LogP contribution in [0.25, 0.3) is 22.3 Å². The summed E-state index contributed by atoms with van der Waals surface area (Å²) in [5.74, 6) is 1.61. The van der Waals surface area contributed by atoms with Crippen LogP contribution in [0.4, 0.5) is 0 Å². The van der Waals surface area contributed by atoms with Crippen molar-refractivity contribution in [2.45, 2.75) is 38.5 Å². The molecule has 2 aliphatic heterocycles. The van der Waals surface area contributed by atoms with E-state index in [-0.39, 0.29) is 0 Å². The summed E-state index contributed by atoms with van der Waals surface area (Å²) in [6.45, 7) is 3.97. The first kappa shape index (κ1) is 27.8. The minimum absolute atomic E-state index is 0.517. The zero-order chi connectivity index (χ0) is 27.7.